The zero-order chi connectivity index (χ0) is 25.5. The second-order valence-electron chi connectivity index (χ2n) is 7.88. The molecule has 1 atom stereocenters. The number of carbonyl (C=O) groups is 2. The minimum atomic E-state index is -3.77. The quantitative estimate of drug-likeness (QED) is 0.472. The molecule has 2 aromatic rings. The average molecular weight is 529 g/mol. The van der Waals surface area contributed by atoms with E-state index in [2.05, 4.69) is 5.32 Å². The maximum Gasteiger partial charge on any atom is 0.244 e. The van der Waals surface area contributed by atoms with Crippen molar-refractivity contribution in [3.63, 3.8) is 0 Å². The molecule has 0 bridgehead atoms. The Morgan fingerprint density at radius 3 is 2.09 bits per heavy atom. The summed E-state index contributed by atoms with van der Waals surface area (Å²) in [7, 11) is -3.77. The number of anilines is 1. The van der Waals surface area contributed by atoms with Crippen molar-refractivity contribution in [2.45, 2.75) is 46.2 Å². The largest absolute Gasteiger partial charge is 0.355 e. The summed E-state index contributed by atoms with van der Waals surface area (Å²) in [4.78, 5) is 27.7. The van der Waals surface area contributed by atoms with Gasteiger partial charge in [-0.15, -0.1) is 0 Å². The standard InChI is InChI=1S/C24H31Cl2N3O4S/c1-5-17-8-11-19(12-9-17)29(34(4,32)33)16-23(30)28(22(6-2)24(31)27-7-3)15-18-10-13-20(25)21(26)14-18/h8-14,22H,5-7,15-16H2,1-4H3,(H,27,31)/t22-/m0/s1. The molecule has 0 aliphatic rings. The lowest BCUT2D eigenvalue weighted by Gasteiger charge is -2.33. The number of aryl methyl sites for hydroxylation is 1. The number of likely N-dealkylation sites (N-methyl/N-ethyl adjacent to an activating group) is 1. The van der Waals surface area contributed by atoms with Crippen LogP contribution in [0.25, 0.3) is 0 Å². The predicted molar refractivity (Wildman–Crippen MR) is 138 cm³/mol. The van der Waals surface area contributed by atoms with E-state index < -0.39 is 28.5 Å². The average Bonchev–Trinajstić information content (AvgIpc) is 2.79. The third kappa shape index (κ3) is 7.35. The van der Waals surface area contributed by atoms with Gasteiger partial charge in [0.25, 0.3) is 0 Å². The third-order valence-electron chi connectivity index (χ3n) is 5.39. The number of halogens is 2. The summed E-state index contributed by atoms with van der Waals surface area (Å²) in [5, 5.41) is 3.45. The molecule has 0 unspecified atom stereocenters. The maximum atomic E-state index is 13.5. The molecule has 0 aliphatic carbocycles. The first-order valence-corrected chi connectivity index (χ1v) is 13.7. The van der Waals surface area contributed by atoms with Crippen molar-refractivity contribution >= 4 is 50.7 Å². The fraction of sp³-hybridized carbons (Fsp3) is 0.417. The third-order valence-corrected chi connectivity index (χ3v) is 7.27. The van der Waals surface area contributed by atoms with E-state index >= 15 is 0 Å². The van der Waals surface area contributed by atoms with E-state index in [1.54, 1.807) is 44.2 Å². The number of carbonyl (C=O) groups excluding carboxylic acids is 2. The number of hydrogen-bond donors (Lipinski definition) is 1. The monoisotopic (exact) mass is 527 g/mol. The predicted octanol–water partition coefficient (Wildman–Crippen LogP) is 4.27. The maximum absolute atomic E-state index is 13.5. The number of rotatable bonds is 11. The van der Waals surface area contributed by atoms with Crippen molar-refractivity contribution in [2.24, 2.45) is 0 Å². The van der Waals surface area contributed by atoms with Crippen LogP contribution in [0.5, 0.6) is 0 Å². The molecule has 0 spiro atoms. The molecule has 2 amide bonds. The highest BCUT2D eigenvalue weighted by atomic mass is 35.5. The van der Waals surface area contributed by atoms with Gasteiger partial charge >= 0.3 is 0 Å². The van der Waals surface area contributed by atoms with E-state index in [0.717, 1.165) is 22.5 Å². The first-order chi connectivity index (χ1) is 16.0. The van der Waals surface area contributed by atoms with E-state index in [9.17, 15) is 18.0 Å². The Morgan fingerprint density at radius 2 is 1.59 bits per heavy atom. The Morgan fingerprint density at radius 1 is 0.971 bits per heavy atom. The second-order valence-corrected chi connectivity index (χ2v) is 10.6. The number of benzene rings is 2. The molecule has 34 heavy (non-hydrogen) atoms. The van der Waals surface area contributed by atoms with Gasteiger partial charge in [0.15, 0.2) is 0 Å². The Hall–Kier alpha value is -2.29. The molecular weight excluding hydrogens is 497 g/mol. The highest BCUT2D eigenvalue weighted by Gasteiger charge is 2.31. The van der Waals surface area contributed by atoms with E-state index in [4.69, 9.17) is 23.2 Å². The summed E-state index contributed by atoms with van der Waals surface area (Å²) >= 11 is 12.2. The molecule has 2 aromatic carbocycles. The minimum absolute atomic E-state index is 0.0672. The Labute approximate surface area is 212 Å². The first-order valence-electron chi connectivity index (χ1n) is 11.1. The summed E-state index contributed by atoms with van der Waals surface area (Å²) in [5.74, 6) is -0.814. The molecule has 10 heteroatoms. The van der Waals surface area contributed by atoms with Gasteiger partial charge in [0.2, 0.25) is 21.8 Å². The smallest absolute Gasteiger partial charge is 0.244 e. The summed E-state index contributed by atoms with van der Waals surface area (Å²) in [6.45, 7) is 5.62. The van der Waals surface area contributed by atoms with Crippen molar-refractivity contribution in [1.29, 1.82) is 0 Å². The second kappa shape index (κ2) is 12.4. The van der Waals surface area contributed by atoms with Gasteiger partial charge in [-0.1, -0.05) is 55.2 Å². The number of sulfonamides is 1. The topological polar surface area (TPSA) is 86.8 Å². The lowest BCUT2D eigenvalue weighted by atomic mass is 10.1. The molecule has 1 N–H and O–H groups in total. The van der Waals surface area contributed by atoms with E-state index in [1.165, 1.54) is 4.90 Å². The fourth-order valence-corrected chi connectivity index (χ4v) is 4.73. The SMILES string of the molecule is CCNC(=O)[C@H](CC)N(Cc1ccc(Cl)c(Cl)c1)C(=O)CN(c1ccc(CC)cc1)S(C)(=O)=O. The molecule has 7 nitrogen and oxygen atoms in total. The van der Waals surface area contributed by atoms with Crippen LogP contribution in [-0.4, -0.2) is 50.5 Å². The van der Waals surface area contributed by atoms with Crippen molar-refractivity contribution in [1.82, 2.24) is 10.2 Å². The Balaban J connectivity index is 2.44. The van der Waals surface area contributed by atoms with Crippen LogP contribution in [0.3, 0.4) is 0 Å². The van der Waals surface area contributed by atoms with Crippen LogP contribution in [-0.2, 0) is 32.6 Å². The van der Waals surface area contributed by atoms with Gasteiger partial charge in [-0.25, -0.2) is 8.42 Å². The lowest BCUT2D eigenvalue weighted by molar-refractivity contribution is -0.140. The van der Waals surface area contributed by atoms with Crippen molar-refractivity contribution in [3.05, 3.63) is 63.6 Å². The van der Waals surface area contributed by atoms with E-state index in [-0.39, 0.29) is 12.5 Å². The minimum Gasteiger partial charge on any atom is -0.355 e. The van der Waals surface area contributed by atoms with Crippen LogP contribution in [0.1, 0.15) is 38.3 Å². The van der Waals surface area contributed by atoms with Crippen LogP contribution in [0.4, 0.5) is 5.69 Å². The molecular formula is C24H31Cl2N3O4S. The van der Waals surface area contributed by atoms with Gasteiger partial charge in [0.05, 0.1) is 22.0 Å². The van der Waals surface area contributed by atoms with Gasteiger partial charge in [-0.05, 0) is 55.2 Å². The van der Waals surface area contributed by atoms with Gasteiger partial charge in [0.1, 0.15) is 12.6 Å². The van der Waals surface area contributed by atoms with Crippen molar-refractivity contribution < 1.29 is 18.0 Å². The van der Waals surface area contributed by atoms with E-state index in [0.29, 0.717) is 34.3 Å². The van der Waals surface area contributed by atoms with Gasteiger partial charge in [0, 0.05) is 13.1 Å². The molecule has 0 saturated carbocycles. The molecule has 0 fully saturated rings. The number of hydrogen-bond acceptors (Lipinski definition) is 4. The van der Waals surface area contributed by atoms with Crippen LogP contribution in [0.15, 0.2) is 42.5 Å². The Bertz CT molecular complexity index is 1110. The van der Waals surface area contributed by atoms with Crippen LogP contribution in [0, 0.1) is 0 Å². The molecule has 186 valence electrons. The zero-order valence-corrected chi connectivity index (χ0v) is 22.2. The zero-order valence-electron chi connectivity index (χ0n) is 19.8. The molecule has 0 aromatic heterocycles. The van der Waals surface area contributed by atoms with Crippen molar-refractivity contribution in [2.75, 3.05) is 23.7 Å². The normalized spacial score (nSPS) is 12.2. The van der Waals surface area contributed by atoms with Crippen LogP contribution >= 0.6 is 23.2 Å². The van der Waals surface area contributed by atoms with Crippen LogP contribution in [0.2, 0.25) is 10.0 Å². The highest BCUT2D eigenvalue weighted by Crippen LogP contribution is 2.25. The van der Waals surface area contributed by atoms with Crippen LogP contribution < -0.4 is 9.62 Å². The fourth-order valence-electron chi connectivity index (χ4n) is 3.56. The lowest BCUT2D eigenvalue weighted by Crippen LogP contribution is -2.52. The summed E-state index contributed by atoms with van der Waals surface area (Å²) in [6, 6.07) is 11.2. The van der Waals surface area contributed by atoms with Crippen molar-refractivity contribution in [3.8, 4) is 0 Å². The summed E-state index contributed by atoms with van der Waals surface area (Å²) in [5.41, 5.74) is 2.10. The van der Waals surface area contributed by atoms with Gasteiger partial charge in [-0.2, -0.15) is 0 Å². The molecule has 0 heterocycles. The molecule has 2 rings (SSSR count). The molecule has 0 radical (unpaired) electrons. The van der Waals surface area contributed by atoms with Gasteiger partial charge in [-0.3, -0.25) is 13.9 Å². The van der Waals surface area contributed by atoms with Gasteiger partial charge < -0.3 is 10.2 Å². The summed E-state index contributed by atoms with van der Waals surface area (Å²) in [6.07, 6.45) is 2.21. The first kappa shape index (κ1) is 28.0. The molecule has 0 aliphatic heterocycles. The number of nitrogens with one attached hydrogen (secondary N) is 1. The number of amides is 2. The number of nitrogens with zero attached hydrogens (tertiary/aromatic N) is 2. The molecule has 0 saturated heterocycles. The Kier molecular flexibility index (Phi) is 10.2. The van der Waals surface area contributed by atoms with E-state index in [1.807, 2.05) is 19.1 Å². The summed E-state index contributed by atoms with van der Waals surface area (Å²) < 4.78 is 26.3. The highest BCUT2D eigenvalue weighted by molar-refractivity contribution is 7.92.